The van der Waals surface area contributed by atoms with Crippen LogP contribution in [0.3, 0.4) is 0 Å². The predicted molar refractivity (Wildman–Crippen MR) is 160 cm³/mol. The van der Waals surface area contributed by atoms with Crippen molar-refractivity contribution in [2.75, 3.05) is 12.4 Å². The lowest BCUT2D eigenvalue weighted by molar-refractivity contribution is 0.315. The van der Waals surface area contributed by atoms with E-state index in [4.69, 9.17) is 9.15 Å². The van der Waals surface area contributed by atoms with E-state index in [1.54, 1.807) is 0 Å². The summed E-state index contributed by atoms with van der Waals surface area (Å²) >= 11 is 1.92. The highest BCUT2D eigenvalue weighted by Gasteiger charge is 2.16. The van der Waals surface area contributed by atoms with Crippen molar-refractivity contribution in [3.05, 3.63) is 83.6 Å². The molecule has 0 aliphatic carbocycles. The predicted octanol–water partition coefficient (Wildman–Crippen LogP) is 10.3. The third-order valence-corrected chi connectivity index (χ3v) is 7.97. The topological polar surface area (TPSA) is 22.4 Å². The summed E-state index contributed by atoms with van der Waals surface area (Å²) in [5.74, 6) is 2.04. The Kier molecular flexibility index (Phi) is 10.6. The fraction of sp³-hybridized carbons (Fsp3) is 0.412. The first-order valence-electron chi connectivity index (χ1n) is 14.2. The van der Waals surface area contributed by atoms with Crippen LogP contribution >= 0.6 is 11.8 Å². The van der Waals surface area contributed by atoms with Gasteiger partial charge in [-0.3, -0.25) is 0 Å². The lowest BCUT2D eigenvalue weighted by Gasteiger charge is -2.12. The molecule has 0 fully saturated rings. The third kappa shape index (κ3) is 7.45. The lowest BCUT2D eigenvalue weighted by Crippen LogP contribution is -2.02. The molecule has 0 aliphatic heterocycles. The van der Waals surface area contributed by atoms with Crippen molar-refractivity contribution in [1.29, 1.82) is 0 Å². The van der Waals surface area contributed by atoms with E-state index in [9.17, 15) is 0 Å². The third-order valence-electron chi connectivity index (χ3n) is 6.89. The Morgan fingerprint density at radius 3 is 2.35 bits per heavy atom. The maximum Gasteiger partial charge on any atom is 0.141 e. The Morgan fingerprint density at radius 1 is 0.757 bits per heavy atom. The average molecular weight is 515 g/mol. The monoisotopic (exact) mass is 514 g/mol. The molecular formula is C34H42O2S. The summed E-state index contributed by atoms with van der Waals surface area (Å²) in [6, 6.07) is 22.2. The van der Waals surface area contributed by atoms with E-state index in [1.165, 1.54) is 57.4 Å². The first-order chi connectivity index (χ1) is 18.2. The molecule has 1 aromatic heterocycles. The molecule has 196 valence electrons. The van der Waals surface area contributed by atoms with E-state index in [0.29, 0.717) is 0 Å². The molecule has 1 heterocycles. The average Bonchev–Trinajstić information content (AvgIpc) is 3.36. The Balaban J connectivity index is 1.44. The van der Waals surface area contributed by atoms with Crippen LogP contribution < -0.4 is 4.74 Å². The highest BCUT2D eigenvalue weighted by Crippen LogP contribution is 2.37. The summed E-state index contributed by atoms with van der Waals surface area (Å²) in [7, 11) is 0. The van der Waals surface area contributed by atoms with Crippen LogP contribution in [0.5, 0.6) is 5.75 Å². The van der Waals surface area contributed by atoms with Crippen molar-refractivity contribution in [2.24, 2.45) is 0 Å². The van der Waals surface area contributed by atoms with Crippen molar-refractivity contribution in [3.8, 4) is 16.9 Å². The van der Waals surface area contributed by atoms with E-state index in [-0.39, 0.29) is 0 Å². The Bertz CT molecular complexity index is 1260. The zero-order valence-electron chi connectivity index (χ0n) is 22.9. The lowest BCUT2D eigenvalue weighted by atomic mass is 9.98. The summed E-state index contributed by atoms with van der Waals surface area (Å²) in [4.78, 5) is 1.36. The van der Waals surface area contributed by atoms with Gasteiger partial charge in [0.25, 0.3) is 0 Å². The van der Waals surface area contributed by atoms with Gasteiger partial charge in [0, 0.05) is 27.2 Å². The zero-order valence-corrected chi connectivity index (χ0v) is 23.7. The molecule has 0 radical (unpaired) electrons. The van der Waals surface area contributed by atoms with Crippen molar-refractivity contribution >= 4 is 22.7 Å². The van der Waals surface area contributed by atoms with Gasteiger partial charge in [0.2, 0.25) is 0 Å². The number of aryl methyl sites for hydroxylation is 3. The summed E-state index contributed by atoms with van der Waals surface area (Å²) in [6.07, 6.45) is 12.1. The number of benzene rings is 3. The second-order valence-corrected chi connectivity index (χ2v) is 11.1. The van der Waals surface area contributed by atoms with E-state index < -0.39 is 0 Å². The summed E-state index contributed by atoms with van der Waals surface area (Å²) < 4.78 is 12.6. The highest BCUT2D eigenvalue weighted by molar-refractivity contribution is 7.99. The molecular weight excluding hydrogens is 472 g/mol. The second-order valence-electron chi connectivity index (χ2n) is 9.92. The minimum Gasteiger partial charge on any atom is -0.493 e. The van der Waals surface area contributed by atoms with Gasteiger partial charge >= 0.3 is 0 Å². The van der Waals surface area contributed by atoms with Crippen molar-refractivity contribution in [2.45, 2.75) is 83.5 Å². The first-order valence-corrected chi connectivity index (χ1v) is 15.2. The maximum absolute atomic E-state index is 6.35. The van der Waals surface area contributed by atoms with Crippen LogP contribution in [0.25, 0.3) is 22.1 Å². The summed E-state index contributed by atoms with van der Waals surface area (Å²) in [5, 5.41) is 1.19. The Labute approximate surface area is 227 Å². The molecule has 0 unspecified atom stereocenters. The molecule has 0 saturated heterocycles. The molecule has 0 aliphatic rings. The zero-order chi connectivity index (χ0) is 25.9. The molecule has 0 bridgehead atoms. The van der Waals surface area contributed by atoms with Gasteiger partial charge in [-0.25, -0.2) is 0 Å². The van der Waals surface area contributed by atoms with Gasteiger partial charge in [-0.15, -0.1) is 11.8 Å². The van der Waals surface area contributed by atoms with Crippen molar-refractivity contribution in [3.63, 3.8) is 0 Å². The highest BCUT2D eigenvalue weighted by atomic mass is 32.2. The minimum absolute atomic E-state index is 0.722. The fourth-order valence-electron chi connectivity index (χ4n) is 4.87. The number of unbranched alkanes of at least 4 members (excludes halogenated alkanes) is 2. The van der Waals surface area contributed by atoms with Crippen molar-refractivity contribution in [1.82, 2.24) is 0 Å². The molecule has 0 N–H and O–H groups in total. The van der Waals surface area contributed by atoms with Crippen LogP contribution in [0.2, 0.25) is 0 Å². The number of rotatable bonds is 15. The molecule has 4 aromatic rings. The van der Waals surface area contributed by atoms with Crippen LogP contribution in [0.4, 0.5) is 0 Å². The van der Waals surface area contributed by atoms with Gasteiger partial charge in [0.05, 0.1) is 12.9 Å². The maximum atomic E-state index is 6.35. The molecule has 2 nitrogen and oxygen atoms in total. The number of furan rings is 1. The SMILES string of the molecule is CCCCc1cccc(-c2coc3c(CCCC)c(OCCCSc4cccc(CCC)c4)ccc23)c1. The number of thioether (sulfide) groups is 1. The van der Waals surface area contributed by atoms with E-state index in [0.717, 1.165) is 62.2 Å². The summed E-state index contributed by atoms with van der Waals surface area (Å²) in [6.45, 7) is 7.44. The molecule has 0 spiro atoms. The minimum atomic E-state index is 0.722. The van der Waals surface area contributed by atoms with Gasteiger partial charge in [-0.2, -0.15) is 0 Å². The van der Waals surface area contributed by atoms with E-state index >= 15 is 0 Å². The van der Waals surface area contributed by atoms with E-state index in [1.807, 2.05) is 18.0 Å². The number of hydrogen-bond acceptors (Lipinski definition) is 3. The fourth-order valence-corrected chi connectivity index (χ4v) is 5.78. The smallest absolute Gasteiger partial charge is 0.141 e. The van der Waals surface area contributed by atoms with Crippen LogP contribution in [0.15, 0.2) is 76.2 Å². The molecule has 0 amide bonds. The van der Waals surface area contributed by atoms with Gasteiger partial charge in [0.15, 0.2) is 0 Å². The molecule has 4 rings (SSSR count). The molecule has 37 heavy (non-hydrogen) atoms. The second kappa shape index (κ2) is 14.3. The first kappa shape index (κ1) is 27.4. The molecule has 0 saturated carbocycles. The van der Waals surface area contributed by atoms with Crippen LogP contribution in [0.1, 0.15) is 76.0 Å². The van der Waals surface area contributed by atoms with Crippen LogP contribution in [-0.4, -0.2) is 12.4 Å². The number of hydrogen-bond donors (Lipinski definition) is 0. The van der Waals surface area contributed by atoms with Gasteiger partial charge < -0.3 is 9.15 Å². The number of ether oxygens (including phenoxy) is 1. The van der Waals surface area contributed by atoms with Crippen molar-refractivity contribution < 1.29 is 9.15 Å². The summed E-state index contributed by atoms with van der Waals surface area (Å²) in [5.41, 5.74) is 7.45. The van der Waals surface area contributed by atoms with Gasteiger partial charge in [0.1, 0.15) is 11.3 Å². The van der Waals surface area contributed by atoms with Crippen LogP contribution in [-0.2, 0) is 19.3 Å². The van der Waals surface area contributed by atoms with E-state index in [2.05, 4.69) is 81.4 Å². The largest absolute Gasteiger partial charge is 0.493 e. The molecule has 3 heteroatoms. The van der Waals surface area contributed by atoms with Gasteiger partial charge in [-0.05, 0) is 79.5 Å². The Morgan fingerprint density at radius 2 is 1.54 bits per heavy atom. The quantitative estimate of drug-likeness (QED) is 0.116. The molecule has 3 aromatic carbocycles. The normalized spacial score (nSPS) is 11.3. The molecule has 0 atom stereocenters. The van der Waals surface area contributed by atoms with Crippen LogP contribution in [0, 0.1) is 0 Å². The number of fused-ring (bicyclic) bond motifs is 1. The van der Waals surface area contributed by atoms with Gasteiger partial charge in [-0.1, -0.05) is 76.4 Å². The standard InChI is InChI=1S/C34H42O2S/c1-4-7-13-27-14-9-16-28(23-27)32-25-36-34-30(32)19-20-33(31(34)18-8-5-2)35-21-11-22-37-29-17-10-15-26(24-29)12-6-3/h9-10,14-17,19-20,23-25H,4-8,11-13,18,21-22H2,1-3H3. The Hall–Kier alpha value is -2.65.